The fraction of sp³-hybridized carbons (Fsp3) is 0.533. The van der Waals surface area contributed by atoms with Crippen molar-refractivity contribution >= 4 is 6.03 Å². The zero-order valence-corrected chi connectivity index (χ0v) is 12.2. The lowest BCUT2D eigenvalue weighted by Crippen LogP contribution is -2.48. The molecule has 0 aliphatic heterocycles. The number of aliphatic hydroxyl groups excluding tert-OH is 1. The lowest BCUT2D eigenvalue weighted by Gasteiger charge is -2.28. The highest BCUT2D eigenvalue weighted by atomic mass is 19.1. The summed E-state index contributed by atoms with van der Waals surface area (Å²) in [6, 6.07) is 5.78. The summed E-state index contributed by atoms with van der Waals surface area (Å²) in [6.07, 6.45) is 1.38. The molecule has 112 valence electrons. The van der Waals surface area contributed by atoms with E-state index in [2.05, 4.69) is 10.6 Å². The van der Waals surface area contributed by atoms with Crippen LogP contribution in [-0.2, 0) is 5.54 Å². The third-order valence-electron chi connectivity index (χ3n) is 3.16. The van der Waals surface area contributed by atoms with Gasteiger partial charge in [0.2, 0.25) is 0 Å². The van der Waals surface area contributed by atoms with Crippen molar-refractivity contribution < 1.29 is 14.3 Å². The lowest BCUT2D eigenvalue weighted by atomic mass is 9.94. The molecule has 0 saturated heterocycles. The number of rotatable bonds is 6. The van der Waals surface area contributed by atoms with Crippen LogP contribution in [0.1, 0.15) is 39.2 Å². The van der Waals surface area contributed by atoms with Crippen molar-refractivity contribution in [1.29, 1.82) is 0 Å². The third kappa shape index (κ3) is 5.17. The van der Waals surface area contributed by atoms with Gasteiger partial charge in [0.15, 0.2) is 0 Å². The van der Waals surface area contributed by atoms with Crippen LogP contribution >= 0.6 is 0 Å². The molecule has 0 fully saturated rings. The van der Waals surface area contributed by atoms with E-state index in [1.54, 1.807) is 12.1 Å². The second-order valence-electron chi connectivity index (χ2n) is 5.50. The minimum atomic E-state index is -0.589. The van der Waals surface area contributed by atoms with E-state index >= 15 is 0 Å². The smallest absolute Gasteiger partial charge is 0.315 e. The van der Waals surface area contributed by atoms with E-state index in [0.29, 0.717) is 6.42 Å². The Bertz CT molecular complexity index is 432. The quantitative estimate of drug-likeness (QED) is 0.751. The number of hydrogen-bond donors (Lipinski definition) is 3. The second-order valence-corrected chi connectivity index (χ2v) is 5.50. The highest BCUT2D eigenvalue weighted by Crippen LogP contribution is 2.20. The van der Waals surface area contributed by atoms with Crippen molar-refractivity contribution in [2.75, 3.05) is 6.61 Å². The van der Waals surface area contributed by atoms with Gasteiger partial charge in [-0.3, -0.25) is 0 Å². The van der Waals surface area contributed by atoms with Gasteiger partial charge >= 0.3 is 6.03 Å². The number of hydrogen-bond acceptors (Lipinski definition) is 2. The fourth-order valence-electron chi connectivity index (χ4n) is 1.95. The third-order valence-corrected chi connectivity index (χ3v) is 3.16. The van der Waals surface area contributed by atoms with E-state index in [4.69, 9.17) is 5.11 Å². The maximum Gasteiger partial charge on any atom is 0.315 e. The van der Waals surface area contributed by atoms with Crippen LogP contribution in [0.2, 0.25) is 0 Å². The monoisotopic (exact) mass is 282 g/mol. The summed E-state index contributed by atoms with van der Waals surface area (Å²) in [5, 5.41) is 14.4. The van der Waals surface area contributed by atoms with Gasteiger partial charge in [-0.25, -0.2) is 9.18 Å². The van der Waals surface area contributed by atoms with E-state index in [1.165, 1.54) is 12.1 Å². The highest BCUT2D eigenvalue weighted by molar-refractivity contribution is 5.75. The normalized spacial score (nSPS) is 12.8. The molecular formula is C15H23FN2O2. The average molecular weight is 282 g/mol. The van der Waals surface area contributed by atoms with Crippen molar-refractivity contribution in [3.8, 4) is 0 Å². The van der Waals surface area contributed by atoms with Crippen molar-refractivity contribution in [3.05, 3.63) is 35.6 Å². The van der Waals surface area contributed by atoms with Crippen molar-refractivity contribution in [2.45, 2.75) is 45.2 Å². The highest BCUT2D eigenvalue weighted by Gasteiger charge is 2.23. The van der Waals surface area contributed by atoms with Crippen LogP contribution in [-0.4, -0.2) is 23.8 Å². The van der Waals surface area contributed by atoms with Crippen LogP contribution in [0.3, 0.4) is 0 Å². The number of halogens is 1. The molecular weight excluding hydrogens is 259 g/mol. The number of carbonyl (C=O) groups is 1. The van der Waals surface area contributed by atoms with Crippen LogP contribution in [0.25, 0.3) is 0 Å². The van der Waals surface area contributed by atoms with Gasteiger partial charge in [-0.15, -0.1) is 0 Å². The minimum absolute atomic E-state index is 0.00818. The molecule has 0 radical (unpaired) electrons. The fourth-order valence-corrected chi connectivity index (χ4v) is 1.95. The number of urea groups is 1. The molecule has 0 aromatic heterocycles. The lowest BCUT2D eigenvalue weighted by molar-refractivity contribution is 0.224. The molecule has 0 saturated carbocycles. The van der Waals surface area contributed by atoms with Crippen molar-refractivity contribution in [3.63, 3.8) is 0 Å². The topological polar surface area (TPSA) is 61.4 Å². The Kier molecular flexibility index (Phi) is 5.95. The summed E-state index contributed by atoms with van der Waals surface area (Å²) in [5.41, 5.74) is 0.242. The Morgan fingerprint density at radius 1 is 1.35 bits per heavy atom. The molecule has 0 bridgehead atoms. The molecule has 1 unspecified atom stereocenters. The van der Waals surface area contributed by atoms with E-state index in [9.17, 15) is 9.18 Å². The van der Waals surface area contributed by atoms with Crippen LogP contribution < -0.4 is 10.6 Å². The summed E-state index contributed by atoms with van der Waals surface area (Å²) in [7, 11) is 0. The van der Waals surface area contributed by atoms with Crippen LogP contribution in [0.15, 0.2) is 24.3 Å². The molecule has 3 N–H and O–H groups in total. The summed E-state index contributed by atoms with van der Waals surface area (Å²) in [5.74, 6) is -0.299. The summed E-state index contributed by atoms with van der Waals surface area (Å²) < 4.78 is 12.9. The Balaban J connectivity index is 2.57. The minimum Gasteiger partial charge on any atom is -0.396 e. The SMILES string of the molecule is CC(CCCO)NC(=O)NC(C)(C)c1ccc(F)cc1. The van der Waals surface area contributed by atoms with E-state index in [-0.39, 0.29) is 24.5 Å². The Morgan fingerprint density at radius 3 is 2.50 bits per heavy atom. The molecule has 0 spiro atoms. The van der Waals surface area contributed by atoms with Gasteiger partial charge in [0.1, 0.15) is 5.82 Å². The van der Waals surface area contributed by atoms with Crippen LogP contribution in [0.5, 0.6) is 0 Å². The number of carbonyl (C=O) groups excluding carboxylic acids is 1. The standard InChI is InChI=1S/C15H23FN2O2/c1-11(5-4-10-19)17-14(20)18-15(2,3)12-6-8-13(16)9-7-12/h6-9,11,19H,4-5,10H2,1-3H3,(H2,17,18,20). The molecule has 1 atom stereocenters. The Labute approximate surface area is 119 Å². The first-order valence-electron chi connectivity index (χ1n) is 6.80. The predicted octanol–water partition coefficient (Wildman–Crippen LogP) is 2.52. The molecule has 0 aliphatic rings. The zero-order chi connectivity index (χ0) is 15.2. The van der Waals surface area contributed by atoms with Crippen LogP contribution in [0, 0.1) is 5.82 Å². The maximum absolute atomic E-state index is 12.9. The average Bonchev–Trinajstić information content (AvgIpc) is 2.36. The summed E-state index contributed by atoms with van der Waals surface area (Å²) in [6.45, 7) is 5.73. The second kappa shape index (κ2) is 7.24. The largest absolute Gasteiger partial charge is 0.396 e. The van der Waals surface area contributed by atoms with E-state index in [1.807, 2.05) is 20.8 Å². The van der Waals surface area contributed by atoms with E-state index in [0.717, 1.165) is 12.0 Å². The molecule has 4 nitrogen and oxygen atoms in total. The molecule has 1 aromatic carbocycles. The van der Waals surface area contributed by atoms with Gasteiger partial charge in [0.25, 0.3) is 0 Å². The predicted molar refractivity (Wildman–Crippen MR) is 76.9 cm³/mol. The molecule has 2 amide bonds. The first-order chi connectivity index (χ1) is 9.35. The number of amides is 2. The Hall–Kier alpha value is -1.62. The van der Waals surface area contributed by atoms with Crippen LogP contribution in [0.4, 0.5) is 9.18 Å². The van der Waals surface area contributed by atoms with E-state index < -0.39 is 5.54 Å². The maximum atomic E-state index is 12.9. The molecule has 0 heterocycles. The van der Waals surface area contributed by atoms with Gasteiger partial charge in [-0.1, -0.05) is 12.1 Å². The number of aliphatic hydroxyl groups is 1. The summed E-state index contributed by atoms with van der Waals surface area (Å²) in [4.78, 5) is 11.9. The Morgan fingerprint density at radius 2 is 1.95 bits per heavy atom. The molecule has 0 aliphatic carbocycles. The van der Waals surface area contributed by atoms with Gasteiger partial charge < -0.3 is 15.7 Å². The zero-order valence-electron chi connectivity index (χ0n) is 12.2. The van der Waals surface area contributed by atoms with Crippen molar-refractivity contribution in [2.24, 2.45) is 0 Å². The van der Waals surface area contributed by atoms with Gasteiger partial charge in [0, 0.05) is 12.6 Å². The first kappa shape index (κ1) is 16.4. The molecule has 20 heavy (non-hydrogen) atoms. The molecule has 5 heteroatoms. The molecule has 1 rings (SSSR count). The number of nitrogens with one attached hydrogen (secondary N) is 2. The number of benzene rings is 1. The van der Waals surface area contributed by atoms with Gasteiger partial charge in [-0.2, -0.15) is 0 Å². The van der Waals surface area contributed by atoms with Crippen molar-refractivity contribution in [1.82, 2.24) is 10.6 Å². The van der Waals surface area contributed by atoms with Gasteiger partial charge in [0.05, 0.1) is 5.54 Å². The first-order valence-corrected chi connectivity index (χ1v) is 6.80. The van der Waals surface area contributed by atoms with Gasteiger partial charge in [-0.05, 0) is 51.3 Å². The summed E-state index contributed by atoms with van der Waals surface area (Å²) >= 11 is 0. The molecule has 1 aromatic rings.